The van der Waals surface area contributed by atoms with Gasteiger partial charge in [-0.25, -0.2) is 0 Å². The Bertz CT molecular complexity index is 835. The van der Waals surface area contributed by atoms with Crippen LogP contribution in [0.5, 0.6) is 5.75 Å². The zero-order valence-electron chi connectivity index (χ0n) is 14.6. The van der Waals surface area contributed by atoms with E-state index in [0.29, 0.717) is 17.0 Å². The average Bonchev–Trinajstić information content (AvgIpc) is 2.56. The van der Waals surface area contributed by atoms with Crippen LogP contribution in [0.1, 0.15) is 29.8 Å². The Kier molecular flexibility index (Phi) is 6.24. The van der Waals surface area contributed by atoms with E-state index in [-0.39, 0.29) is 22.8 Å². The number of benzene rings is 2. The van der Waals surface area contributed by atoms with Crippen molar-refractivity contribution in [2.24, 2.45) is 0 Å². The zero-order valence-corrected chi connectivity index (χ0v) is 15.4. The first-order valence-corrected chi connectivity index (χ1v) is 8.31. The lowest BCUT2D eigenvalue weighted by atomic mass is 10.2. The predicted octanol–water partition coefficient (Wildman–Crippen LogP) is 3.82. The van der Waals surface area contributed by atoms with Gasteiger partial charge in [-0.15, -0.1) is 0 Å². The number of anilines is 1. The maximum Gasteiger partial charge on any atom is 0.271 e. The van der Waals surface area contributed by atoms with E-state index in [9.17, 15) is 14.9 Å². The van der Waals surface area contributed by atoms with Crippen molar-refractivity contribution in [2.45, 2.75) is 26.9 Å². The Morgan fingerprint density at radius 1 is 1.19 bits per heavy atom. The SMILES string of the molecule is Cc1ccc([N+](=O)[O-])cc1NC(=S)NC(=O)c1ccc(OC(C)C)cc1. The van der Waals surface area contributed by atoms with E-state index in [1.165, 1.54) is 12.1 Å². The molecule has 2 rings (SSSR count). The fraction of sp³-hybridized carbons (Fsp3) is 0.222. The number of thiocarbonyl (C=S) groups is 1. The highest BCUT2D eigenvalue weighted by molar-refractivity contribution is 7.80. The van der Waals surface area contributed by atoms with Gasteiger partial charge in [-0.1, -0.05) is 6.07 Å². The van der Waals surface area contributed by atoms with Crippen LogP contribution in [0.4, 0.5) is 11.4 Å². The van der Waals surface area contributed by atoms with Gasteiger partial charge in [0.1, 0.15) is 5.75 Å². The number of carbonyl (C=O) groups is 1. The number of nitro benzene ring substituents is 1. The smallest absolute Gasteiger partial charge is 0.271 e. The second-order valence-electron chi connectivity index (χ2n) is 5.86. The van der Waals surface area contributed by atoms with Crippen molar-refractivity contribution in [3.63, 3.8) is 0 Å². The molecule has 26 heavy (non-hydrogen) atoms. The molecule has 0 aliphatic carbocycles. The lowest BCUT2D eigenvalue weighted by Gasteiger charge is -2.12. The molecule has 136 valence electrons. The molecule has 0 spiro atoms. The summed E-state index contributed by atoms with van der Waals surface area (Å²) in [5, 5.41) is 16.3. The van der Waals surface area contributed by atoms with Gasteiger partial charge in [-0.2, -0.15) is 0 Å². The van der Waals surface area contributed by atoms with Crippen molar-refractivity contribution >= 4 is 34.6 Å². The van der Waals surface area contributed by atoms with Crippen LogP contribution in [0, 0.1) is 17.0 Å². The molecular weight excluding hydrogens is 354 g/mol. The quantitative estimate of drug-likeness (QED) is 0.470. The van der Waals surface area contributed by atoms with E-state index < -0.39 is 4.92 Å². The molecule has 0 atom stereocenters. The van der Waals surface area contributed by atoms with Gasteiger partial charge in [0.25, 0.3) is 11.6 Å². The Balaban J connectivity index is 2.02. The van der Waals surface area contributed by atoms with Crippen molar-refractivity contribution < 1.29 is 14.5 Å². The molecule has 2 aromatic rings. The Morgan fingerprint density at radius 2 is 1.85 bits per heavy atom. The van der Waals surface area contributed by atoms with Gasteiger partial charge in [0.15, 0.2) is 5.11 Å². The van der Waals surface area contributed by atoms with E-state index in [1.54, 1.807) is 37.3 Å². The fourth-order valence-corrected chi connectivity index (χ4v) is 2.35. The van der Waals surface area contributed by atoms with E-state index >= 15 is 0 Å². The van der Waals surface area contributed by atoms with Gasteiger partial charge in [0.05, 0.1) is 11.0 Å². The second-order valence-corrected chi connectivity index (χ2v) is 6.26. The van der Waals surface area contributed by atoms with E-state index in [4.69, 9.17) is 17.0 Å². The third-order valence-corrected chi connectivity index (χ3v) is 3.60. The van der Waals surface area contributed by atoms with Crippen LogP contribution >= 0.6 is 12.2 Å². The summed E-state index contributed by atoms with van der Waals surface area (Å²) < 4.78 is 5.53. The van der Waals surface area contributed by atoms with Crippen LogP contribution in [-0.4, -0.2) is 22.0 Å². The predicted molar refractivity (Wildman–Crippen MR) is 104 cm³/mol. The lowest BCUT2D eigenvalue weighted by molar-refractivity contribution is -0.384. The molecule has 0 unspecified atom stereocenters. The van der Waals surface area contributed by atoms with Crippen LogP contribution in [-0.2, 0) is 0 Å². The van der Waals surface area contributed by atoms with Crippen LogP contribution < -0.4 is 15.4 Å². The Morgan fingerprint density at radius 3 is 2.42 bits per heavy atom. The number of aryl methyl sites for hydroxylation is 1. The van der Waals surface area contributed by atoms with Gasteiger partial charge in [-0.3, -0.25) is 20.2 Å². The summed E-state index contributed by atoms with van der Waals surface area (Å²) in [7, 11) is 0. The summed E-state index contributed by atoms with van der Waals surface area (Å²) in [6, 6.07) is 11.1. The first kappa shape index (κ1) is 19.3. The lowest BCUT2D eigenvalue weighted by Crippen LogP contribution is -2.34. The average molecular weight is 373 g/mol. The van der Waals surface area contributed by atoms with Gasteiger partial charge in [-0.05, 0) is 62.8 Å². The fourth-order valence-electron chi connectivity index (χ4n) is 2.14. The minimum atomic E-state index is -0.493. The highest BCUT2D eigenvalue weighted by Gasteiger charge is 2.12. The van der Waals surface area contributed by atoms with Gasteiger partial charge >= 0.3 is 0 Å². The Hall–Kier alpha value is -3.00. The molecule has 0 saturated carbocycles. The van der Waals surface area contributed by atoms with Crippen molar-refractivity contribution in [3.8, 4) is 5.75 Å². The Labute approximate surface area is 156 Å². The topological polar surface area (TPSA) is 93.5 Å². The number of carbonyl (C=O) groups excluding carboxylic acids is 1. The van der Waals surface area contributed by atoms with Gasteiger partial charge in [0.2, 0.25) is 0 Å². The summed E-state index contributed by atoms with van der Waals surface area (Å²) in [5.41, 5.74) is 1.58. The third kappa shape index (κ3) is 5.25. The summed E-state index contributed by atoms with van der Waals surface area (Å²) in [4.78, 5) is 22.6. The molecule has 8 heteroatoms. The van der Waals surface area contributed by atoms with Crippen molar-refractivity contribution in [2.75, 3.05) is 5.32 Å². The number of amides is 1. The van der Waals surface area contributed by atoms with Crippen molar-refractivity contribution in [1.82, 2.24) is 5.32 Å². The van der Waals surface area contributed by atoms with Crippen LogP contribution in [0.2, 0.25) is 0 Å². The molecular formula is C18H19N3O4S. The maximum absolute atomic E-state index is 12.3. The highest BCUT2D eigenvalue weighted by atomic mass is 32.1. The summed E-state index contributed by atoms with van der Waals surface area (Å²) in [5.74, 6) is 0.283. The first-order chi connectivity index (χ1) is 12.3. The van der Waals surface area contributed by atoms with Crippen molar-refractivity contribution in [1.29, 1.82) is 0 Å². The molecule has 0 aromatic heterocycles. The molecule has 7 nitrogen and oxygen atoms in total. The molecule has 0 saturated heterocycles. The first-order valence-electron chi connectivity index (χ1n) is 7.90. The summed E-state index contributed by atoms with van der Waals surface area (Å²) >= 11 is 5.13. The molecule has 0 bridgehead atoms. The number of hydrogen-bond donors (Lipinski definition) is 2. The van der Waals surface area contributed by atoms with Crippen molar-refractivity contribution in [3.05, 3.63) is 63.7 Å². The minimum absolute atomic E-state index is 0.0459. The summed E-state index contributed by atoms with van der Waals surface area (Å²) in [6.45, 7) is 5.62. The molecule has 0 aliphatic heterocycles. The number of nitrogens with one attached hydrogen (secondary N) is 2. The highest BCUT2D eigenvalue weighted by Crippen LogP contribution is 2.21. The molecule has 1 amide bonds. The largest absolute Gasteiger partial charge is 0.491 e. The number of hydrogen-bond acceptors (Lipinski definition) is 5. The monoisotopic (exact) mass is 373 g/mol. The molecule has 2 N–H and O–H groups in total. The second kappa shape index (κ2) is 8.39. The van der Waals surface area contributed by atoms with Crippen LogP contribution in [0.3, 0.4) is 0 Å². The molecule has 0 fully saturated rings. The van der Waals surface area contributed by atoms with E-state index in [1.807, 2.05) is 13.8 Å². The molecule has 0 radical (unpaired) electrons. The number of rotatable bonds is 5. The normalized spacial score (nSPS) is 10.3. The van der Waals surface area contributed by atoms with Gasteiger partial charge < -0.3 is 10.1 Å². The number of nitro groups is 1. The molecule has 2 aromatic carbocycles. The molecule has 0 heterocycles. The number of non-ortho nitro benzene ring substituents is 1. The maximum atomic E-state index is 12.3. The minimum Gasteiger partial charge on any atom is -0.491 e. The van der Waals surface area contributed by atoms with Gasteiger partial charge in [0, 0.05) is 23.4 Å². The van der Waals surface area contributed by atoms with Crippen LogP contribution in [0.25, 0.3) is 0 Å². The third-order valence-electron chi connectivity index (χ3n) is 3.40. The summed E-state index contributed by atoms with van der Waals surface area (Å²) in [6.07, 6.45) is 0.0459. The standard InChI is InChI=1S/C18H19N3O4S/c1-11(2)25-15-8-5-13(6-9-15)17(22)20-18(26)19-16-10-14(21(23)24)7-4-12(16)3/h4-11H,1-3H3,(H2,19,20,22,26). The number of nitrogens with zero attached hydrogens (tertiary/aromatic N) is 1. The zero-order chi connectivity index (χ0) is 19.3. The van der Waals surface area contributed by atoms with E-state index in [2.05, 4.69) is 10.6 Å². The van der Waals surface area contributed by atoms with E-state index in [0.717, 1.165) is 5.56 Å². The number of ether oxygens (including phenoxy) is 1. The van der Waals surface area contributed by atoms with Crippen LogP contribution in [0.15, 0.2) is 42.5 Å². The molecule has 0 aliphatic rings.